The van der Waals surface area contributed by atoms with Gasteiger partial charge in [0.2, 0.25) is 10.0 Å². The molecule has 0 bridgehead atoms. The van der Waals surface area contributed by atoms with Crippen LogP contribution in [0.3, 0.4) is 0 Å². The highest BCUT2D eigenvalue weighted by Crippen LogP contribution is 2.35. The van der Waals surface area contributed by atoms with Gasteiger partial charge >= 0.3 is 0 Å². The van der Waals surface area contributed by atoms with Crippen molar-refractivity contribution in [2.24, 2.45) is 0 Å². The first-order chi connectivity index (χ1) is 13.0. The fraction of sp³-hybridized carbons (Fsp3) is 0.429. The predicted molar refractivity (Wildman–Crippen MR) is 104 cm³/mol. The number of nitrogens with one attached hydrogen (secondary N) is 1. The van der Waals surface area contributed by atoms with Crippen molar-refractivity contribution in [3.8, 4) is 11.5 Å². The molecule has 0 aromatic heterocycles. The summed E-state index contributed by atoms with van der Waals surface area (Å²) in [4.78, 5) is 0.326. The van der Waals surface area contributed by atoms with Crippen molar-refractivity contribution in [2.45, 2.75) is 57.1 Å². The summed E-state index contributed by atoms with van der Waals surface area (Å²) in [5, 5.41) is 0. The van der Waals surface area contributed by atoms with Gasteiger partial charge in [-0.05, 0) is 68.5 Å². The minimum Gasteiger partial charge on any atom is -0.494 e. The maximum Gasteiger partial charge on any atom is 0.240 e. The quantitative estimate of drug-likeness (QED) is 0.825. The zero-order valence-corrected chi connectivity index (χ0v) is 16.6. The van der Waals surface area contributed by atoms with E-state index in [1.165, 1.54) is 5.56 Å². The maximum atomic E-state index is 12.8. The average molecular weight is 388 g/mol. The standard InChI is InChI=1S/C21H25NO4S/c1-3-25-20-11-17-9-14(2)26-21(17)12-18(20)13-22-27(23,24)19-8-7-15-5-4-6-16(15)10-19/h7-8,10-12,14,22H,3-6,9,13H2,1-2H3/t14-/m0/s1. The summed E-state index contributed by atoms with van der Waals surface area (Å²) in [6, 6.07) is 9.31. The zero-order valence-electron chi connectivity index (χ0n) is 15.7. The third-order valence-corrected chi connectivity index (χ3v) is 6.61. The molecular weight excluding hydrogens is 362 g/mol. The van der Waals surface area contributed by atoms with E-state index in [4.69, 9.17) is 9.47 Å². The van der Waals surface area contributed by atoms with E-state index >= 15 is 0 Å². The van der Waals surface area contributed by atoms with Gasteiger partial charge in [0.05, 0.1) is 11.5 Å². The lowest BCUT2D eigenvalue weighted by Gasteiger charge is -2.14. The molecule has 4 rings (SSSR count). The Morgan fingerprint density at radius 2 is 1.96 bits per heavy atom. The Labute approximate surface area is 160 Å². The summed E-state index contributed by atoms with van der Waals surface area (Å²) >= 11 is 0. The van der Waals surface area contributed by atoms with Crippen LogP contribution < -0.4 is 14.2 Å². The summed E-state index contributed by atoms with van der Waals surface area (Å²) < 4.78 is 39.8. The molecule has 1 atom stereocenters. The van der Waals surface area contributed by atoms with Crippen LogP contribution in [-0.2, 0) is 35.8 Å². The Morgan fingerprint density at radius 1 is 1.15 bits per heavy atom. The van der Waals surface area contributed by atoms with Crippen LogP contribution in [0, 0.1) is 0 Å². The normalized spacial score (nSPS) is 18.1. The molecule has 1 aliphatic heterocycles. The molecule has 6 heteroatoms. The van der Waals surface area contributed by atoms with Crippen LogP contribution in [0.4, 0.5) is 0 Å². The van der Waals surface area contributed by atoms with E-state index < -0.39 is 10.0 Å². The second-order valence-corrected chi connectivity index (χ2v) is 9.01. The SMILES string of the molecule is CCOc1cc2c(cc1CNS(=O)(=O)c1ccc3c(c1)CCC3)O[C@@H](C)C2. The molecule has 1 N–H and O–H groups in total. The van der Waals surface area contributed by atoms with Crippen molar-refractivity contribution < 1.29 is 17.9 Å². The topological polar surface area (TPSA) is 64.6 Å². The van der Waals surface area contributed by atoms with E-state index in [1.54, 1.807) is 6.07 Å². The summed E-state index contributed by atoms with van der Waals surface area (Å²) in [5.41, 5.74) is 4.30. The van der Waals surface area contributed by atoms with Crippen LogP contribution in [-0.4, -0.2) is 21.1 Å². The van der Waals surface area contributed by atoms with Gasteiger partial charge in [-0.15, -0.1) is 0 Å². The highest BCUT2D eigenvalue weighted by Gasteiger charge is 2.23. The van der Waals surface area contributed by atoms with Gasteiger partial charge in [-0.2, -0.15) is 0 Å². The van der Waals surface area contributed by atoms with Crippen molar-refractivity contribution in [2.75, 3.05) is 6.61 Å². The fourth-order valence-corrected chi connectivity index (χ4v) is 4.94. The third-order valence-electron chi connectivity index (χ3n) is 5.21. The van der Waals surface area contributed by atoms with Gasteiger partial charge in [0.25, 0.3) is 0 Å². The van der Waals surface area contributed by atoms with Crippen molar-refractivity contribution in [1.29, 1.82) is 0 Å². The minimum atomic E-state index is -3.58. The summed E-state index contributed by atoms with van der Waals surface area (Å²) in [6.07, 6.45) is 4.06. The highest BCUT2D eigenvalue weighted by molar-refractivity contribution is 7.89. The summed E-state index contributed by atoms with van der Waals surface area (Å²) in [5.74, 6) is 1.53. The van der Waals surface area contributed by atoms with Crippen molar-refractivity contribution in [3.05, 3.63) is 52.6 Å². The van der Waals surface area contributed by atoms with E-state index in [0.29, 0.717) is 17.3 Å². The predicted octanol–water partition coefficient (Wildman–Crippen LogP) is 3.38. The third kappa shape index (κ3) is 3.69. The molecule has 0 spiro atoms. The molecule has 0 saturated carbocycles. The number of benzene rings is 2. The van der Waals surface area contributed by atoms with E-state index in [1.807, 2.05) is 38.1 Å². The molecule has 144 valence electrons. The largest absolute Gasteiger partial charge is 0.494 e. The Balaban J connectivity index is 1.56. The molecule has 27 heavy (non-hydrogen) atoms. The number of sulfonamides is 1. The molecule has 2 aromatic carbocycles. The maximum absolute atomic E-state index is 12.8. The fourth-order valence-electron chi connectivity index (χ4n) is 3.88. The van der Waals surface area contributed by atoms with E-state index in [9.17, 15) is 8.42 Å². The van der Waals surface area contributed by atoms with E-state index in [0.717, 1.165) is 48.1 Å². The minimum absolute atomic E-state index is 0.132. The summed E-state index contributed by atoms with van der Waals surface area (Å²) in [7, 11) is -3.58. The van der Waals surface area contributed by atoms with Gasteiger partial charge in [-0.1, -0.05) is 6.07 Å². The smallest absolute Gasteiger partial charge is 0.240 e. The first-order valence-electron chi connectivity index (χ1n) is 9.53. The van der Waals surface area contributed by atoms with Crippen LogP contribution in [0.25, 0.3) is 0 Å². The molecule has 5 nitrogen and oxygen atoms in total. The second-order valence-electron chi connectivity index (χ2n) is 7.24. The molecule has 0 unspecified atom stereocenters. The zero-order chi connectivity index (χ0) is 19.0. The van der Waals surface area contributed by atoms with Crippen LogP contribution >= 0.6 is 0 Å². The van der Waals surface area contributed by atoms with Crippen LogP contribution in [0.5, 0.6) is 11.5 Å². The van der Waals surface area contributed by atoms with Crippen LogP contribution in [0.1, 0.15) is 42.5 Å². The lowest BCUT2D eigenvalue weighted by molar-refractivity contribution is 0.254. The van der Waals surface area contributed by atoms with Crippen molar-refractivity contribution in [3.63, 3.8) is 0 Å². The Morgan fingerprint density at radius 3 is 2.78 bits per heavy atom. The molecule has 0 saturated heterocycles. The molecule has 0 radical (unpaired) electrons. The van der Waals surface area contributed by atoms with E-state index in [-0.39, 0.29) is 12.6 Å². The molecule has 2 aromatic rings. The molecule has 0 amide bonds. The van der Waals surface area contributed by atoms with Gasteiger partial charge < -0.3 is 9.47 Å². The number of aryl methyl sites for hydroxylation is 2. The lowest BCUT2D eigenvalue weighted by atomic mass is 10.1. The summed E-state index contributed by atoms with van der Waals surface area (Å²) in [6.45, 7) is 4.64. The van der Waals surface area contributed by atoms with Crippen LogP contribution in [0.2, 0.25) is 0 Å². The first kappa shape index (κ1) is 18.3. The molecule has 1 aliphatic carbocycles. The van der Waals surface area contributed by atoms with Crippen molar-refractivity contribution >= 4 is 10.0 Å². The van der Waals surface area contributed by atoms with Gasteiger partial charge in [0.1, 0.15) is 17.6 Å². The highest BCUT2D eigenvalue weighted by atomic mass is 32.2. The Bertz CT molecular complexity index is 968. The van der Waals surface area contributed by atoms with Gasteiger partial charge in [-0.3, -0.25) is 0 Å². The molecule has 0 fully saturated rings. The van der Waals surface area contributed by atoms with Gasteiger partial charge in [-0.25, -0.2) is 13.1 Å². The average Bonchev–Trinajstić information content (AvgIpc) is 3.24. The molecular formula is C21H25NO4S. The number of hydrogen-bond acceptors (Lipinski definition) is 4. The Hall–Kier alpha value is -2.05. The lowest BCUT2D eigenvalue weighted by Crippen LogP contribution is -2.23. The monoisotopic (exact) mass is 387 g/mol. The number of fused-ring (bicyclic) bond motifs is 2. The molecule has 2 aliphatic rings. The van der Waals surface area contributed by atoms with Gasteiger partial charge in [0.15, 0.2) is 0 Å². The first-order valence-corrected chi connectivity index (χ1v) is 11.0. The molecule has 1 heterocycles. The second kappa shape index (κ2) is 7.17. The number of rotatable bonds is 6. The number of hydrogen-bond donors (Lipinski definition) is 1. The van der Waals surface area contributed by atoms with Crippen LogP contribution in [0.15, 0.2) is 35.2 Å². The Kier molecular flexibility index (Phi) is 4.86. The number of ether oxygens (including phenoxy) is 2. The van der Waals surface area contributed by atoms with E-state index in [2.05, 4.69) is 4.72 Å². The van der Waals surface area contributed by atoms with Crippen molar-refractivity contribution in [1.82, 2.24) is 4.72 Å². The van der Waals surface area contributed by atoms with Gasteiger partial charge in [0, 0.05) is 24.1 Å².